The smallest absolute Gasteiger partial charge is 0.147 e. The highest BCUT2D eigenvalue weighted by Gasteiger charge is 2.09. The summed E-state index contributed by atoms with van der Waals surface area (Å²) in [7, 11) is 0. The van der Waals surface area contributed by atoms with E-state index >= 15 is 0 Å². The lowest BCUT2D eigenvalue weighted by molar-refractivity contribution is 0.305. The maximum absolute atomic E-state index is 6.25. The van der Waals surface area contributed by atoms with Crippen molar-refractivity contribution in [2.45, 2.75) is 124 Å². The number of hydrogen-bond donors (Lipinski definition) is 0. The van der Waals surface area contributed by atoms with Crippen LogP contribution in [0.5, 0.6) is 5.75 Å². The first-order valence-corrected chi connectivity index (χ1v) is 15.8. The van der Waals surface area contributed by atoms with Gasteiger partial charge in [0.25, 0.3) is 0 Å². The van der Waals surface area contributed by atoms with E-state index in [1.165, 1.54) is 102 Å². The molecule has 3 aromatic rings. The summed E-state index contributed by atoms with van der Waals surface area (Å²) in [6.45, 7) is 7.23. The molecule has 0 aliphatic carbocycles. The van der Waals surface area contributed by atoms with E-state index in [1.807, 2.05) is 18.2 Å². The van der Waals surface area contributed by atoms with E-state index in [4.69, 9.17) is 9.85 Å². The van der Waals surface area contributed by atoms with Gasteiger partial charge in [0.15, 0.2) is 0 Å². The Morgan fingerprint density at radius 2 is 1.15 bits per heavy atom. The van der Waals surface area contributed by atoms with E-state index in [0.29, 0.717) is 0 Å². The quantitative estimate of drug-likeness (QED) is 0.106. The van der Waals surface area contributed by atoms with Gasteiger partial charge in [0, 0.05) is 5.39 Å². The second-order valence-electron chi connectivity index (χ2n) is 11.2. The van der Waals surface area contributed by atoms with Gasteiger partial charge in [-0.3, -0.25) is 0 Å². The maximum Gasteiger partial charge on any atom is 0.147 e. The Kier molecular flexibility index (Phi) is 14.7. The number of rotatable bonds is 20. The van der Waals surface area contributed by atoms with Gasteiger partial charge in [-0.05, 0) is 48.9 Å². The van der Waals surface area contributed by atoms with Crippen LogP contribution < -0.4 is 4.74 Å². The van der Waals surface area contributed by atoms with Crippen LogP contribution >= 0.6 is 0 Å². The second kappa shape index (κ2) is 18.6. The largest absolute Gasteiger partial charge is 0.491 e. The number of fused-ring (bicyclic) bond motifs is 1. The van der Waals surface area contributed by atoms with Crippen molar-refractivity contribution >= 4 is 22.1 Å². The average molecular weight is 529 g/mol. The van der Waals surface area contributed by atoms with Crippen molar-refractivity contribution in [2.75, 3.05) is 6.61 Å². The number of hydrogen-bond acceptors (Lipinski definition) is 3. The highest BCUT2D eigenvalue weighted by molar-refractivity contribution is 5.95. The van der Waals surface area contributed by atoms with E-state index in [2.05, 4.69) is 62.3 Å². The number of aryl methyl sites for hydroxylation is 1. The molecule has 3 rings (SSSR count). The molecule has 0 spiro atoms. The summed E-state index contributed by atoms with van der Waals surface area (Å²) in [6.07, 6.45) is 22.0. The van der Waals surface area contributed by atoms with Crippen molar-refractivity contribution in [3.63, 3.8) is 0 Å². The van der Waals surface area contributed by atoms with Crippen molar-refractivity contribution in [3.8, 4) is 5.75 Å². The summed E-state index contributed by atoms with van der Waals surface area (Å²) in [6, 6.07) is 18.7. The minimum Gasteiger partial charge on any atom is -0.491 e. The fraction of sp³-hybridized carbons (Fsp3) is 0.556. The Labute approximate surface area is 238 Å². The molecule has 0 radical (unpaired) electrons. The number of nitrogens with zero attached hydrogens (tertiary/aromatic N) is 2. The summed E-state index contributed by atoms with van der Waals surface area (Å²) >= 11 is 0. The van der Waals surface area contributed by atoms with Gasteiger partial charge in [0.05, 0.1) is 12.3 Å². The first kappa shape index (κ1) is 30.9. The highest BCUT2D eigenvalue weighted by atomic mass is 16.5. The molecular weight excluding hydrogens is 476 g/mol. The Morgan fingerprint density at radius 1 is 0.564 bits per heavy atom. The van der Waals surface area contributed by atoms with Crippen LogP contribution in [0.15, 0.2) is 64.8 Å². The molecule has 0 atom stereocenters. The lowest BCUT2D eigenvalue weighted by atomic mass is 10.0. The first-order valence-electron chi connectivity index (χ1n) is 15.8. The molecule has 0 saturated heterocycles. The van der Waals surface area contributed by atoms with E-state index in [0.717, 1.165) is 46.5 Å². The Balaban J connectivity index is 1.33. The third kappa shape index (κ3) is 11.1. The van der Waals surface area contributed by atoms with Crippen LogP contribution in [0.2, 0.25) is 0 Å². The summed E-state index contributed by atoms with van der Waals surface area (Å²) in [5.41, 5.74) is 4.12. The molecule has 3 aromatic carbocycles. The van der Waals surface area contributed by atoms with Crippen LogP contribution in [0.3, 0.4) is 0 Å². The van der Waals surface area contributed by atoms with E-state index in [9.17, 15) is 0 Å². The van der Waals surface area contributed by atoms with Crippen LogP contribution in [0.1, 0.15) is 121 Å². The molecule has 0 fully saturated rings. The monoisotopic (exact) mass is 528 g/mol. The predicted molar refractivity (Wildman–Crippen MR) is 169 cm³/mol. The number of benzene rings is 3. The number of ether oxygens (including phenoxy) is 1. The topological polar surface area (TPSA) is 34.0 Å². The Hall–Kier alpha value is -2.68. The van der Waals surface area contributed by atoms with Crippen molar-refractivity contribution in [1.82, 2.24) is 0 Å². The van der Waals surface area contributed by atoms with E-state index in [-0.39, 0.29) is 0 Å². The van der Waals surface area contributed by atoms with Crippen molar-refractivity contribution in [3.05, 3.63) is 65.7 Å². The van der Waals surface area contributed by atoms with Crippen LogP contribution in [0.25, 0.3) is 10.8 Å². The lowest BCUT2D eigenvalue weighted by Crippen LogP contribution is -1.98. The summed E-state index contributed by atoms with van der Waals surface area (Å²) in [4.78, 5) is 0. The predicted octanol–water partition coefficient (Wildman–Crippen LogP) is 12.5. The van der Waals surface area contributed by atoms with Crippen LogP contribution in [-0.4, -0.2) is 6.61 Å². The van der Waals surface area contributed by atoms with Gasteiger partial charge < -0.3 is 4.74 Å². The zero-order valence-electron chi connectivity index (χ0n) is 25.0. The third-order valence-electron chi connectivity index (χ3n) is 7.95. The normalized spacial score (nSPS) is 11.6. The molecule has 212 valence electrons. The van der Waals surface area contributed by atoms with Crippen molar-refractivity contribution in [2.24, 2.45) is 10.2 Å². The molecular formula is C36H52N2O. The molecule has 0 aliphatic heterocycles. The van der Waals surface area contributed by atoms with Crippen LogP contribution in [0, 0.1) is 13.8 Å². The van der Waals surface area contributed by atoms with Gasteiger partial charge in [-0.2, -0.15) is 5.11 Å². The molecule has 0 saturated carbocycles. The van der Waals surface area contributed by atoms with Gasteiger partial charge in [-0.1, -0.05) is 146 Å². The van der Waals surface area contributed by atoms with Gasteiger partial charge in [0.2, 0.25) is 0 Å². The fourth-order valence-electron chi connectivity index (χ4n) is 5.23. The standard InChI is InChI=1S/C36H52N2O/c1-4-5-6-7-8-9-10-11-12-13-14-15-16-17-18-21-29-39-35-28-27-32-24-19-20-25-33(32)36(35)38-37-34-26-22-23-30(2)31(34)3/h19-20,22-28H,4-18,21,29H2,1-3H3. The summed E-state index contributed by atoms with van der Waals surface area (Å²) in [5, 5.41) is 11.6. The van der Waals surface area contributed by atoms with Gasteiger partial charge in [0.1, 0.15) is 11.4 Å². The second-order valence-corrected chi connectivity index (χ2v) is 11.2. The molecule has 0 aromatic heterocycles. The molecule has 0 heterocycles. The fourth-order valence-corrected chi connectivity index (χ4v) is 5.23. The molecule has 3 nitrogen and oxygen atoms in total. The third-order valence-corrected chi connectivity index (χ3v) is 7.95. The molecule has 0 aliphatic rings. The Bertz CT molecular complexity index is 1120. The highest BCUT2D eigenvalue weighted by Crippen LogP contribution is 2.37. The summed E-state index contributed by atoms with van der Waals surface area (Å²) in [5.74, 6) is 0.823. The zero-order chi connectivity index (χ0) is 27.5. The van der Waals surface area contributed by atoms with E-state index < -0.39 is 0 Å². The van der Waals surface area contributed by atoms with Gasteiger partial charge >= 0.3 is 0 Å². The SMILES string of the molecule is CCCCCCCCCCCCCCCCCCOc1ccc2ccccc2c1N=Nc1cccc(C)c1C. The number of unbranched alkanes of at least 4 members (excludes halogenated alkanes) is 15. The minimum atomic E-state index is 0.725. The first-order chi connectivity index (χ1) is 19.2. The summed E-state index contributed by atoms with van der Waals surface area (Å²) < 4.78 is 6.25. The molecule has 0 N–H and O–H groups in total. The van der Waals surface area contributed by atoms with Crippen LogP contribution in [-0.2, 0) is 0 Å². The Morgan fingerprint density at radius 3 is 1.79 bits per heavy atom. The molecule has 0 unspecified atom stereocenters. The minimum absolute atomic E-state index is 0.725. The lowest BCUT2D eigenvalue weighted by Gasteiger charge is -2.11. The van der Waals surface area contributed by atoms with Crippen molar-refractivity contribution < 1.29 is 4.74 Å². The average Bonchev–Trinajstić information content (AvgIpc) is 2.95. The molecule has 39 heavy (non-hydrogen) atoms. The van der Waals surface area contributed by atoms with Crippen LogP contribution in [0.4, 0.5) is 11.4 Å². The molecule has 3 heteroatoms. The van der Waals surface area contributed by atoms with Crippen molar-refractivity contribution in [1.29, 1.82) is 0 Å². The zero-order valence-corrected chi connectivity index (χ0v) is 25.0. The van der Waals surface area contributed by atoms with Gasteiger partial charge in [-0.15, -0.1) is 5.11 Å². The van der Waals surface area contributed by atoms with E-state index in [1.54, 1.807) is 0 Å². The maximum atomic E-state index is 6.25. The van der Waals surface area contributed by atoms with Gasteiger partial charge in [-0.25, -0.2) is 0 Å². The molecule has 0 amide bonds. The molecule has 0 bridgehead atoms. The number of azo groups is 1.